The first-order valence-corrected chi connectivity index (χ1v) is 20.5. The second kappa shape index (κ2) is 16.5. The Bertz CT molecular complexity index is 3310. The van der Waals surface area contributed by atoms with Gasteiger partial charge >= 0.3 is 0 Å². The van der Waals surface area contributed by atoms with Gasteiger partial charge in [-0.15, -0.1) is 0 Å². The van der Waals surface area contributed by atoms with Crippen LogP contribution in [0.1, 0.15) is 5.56 Å². The first-order valence-electron chi connectivity index (χ1n) is 20.5. The number of rotatable bonds is 8. The molecule has 0 spiro atoms. The van der Waals surface area contributed by atoms with Crippen LogP contribution in [0.5, 0.6) is 0 Å². The van der Waals surface area contributed by atoms with Gasteiger partial charge in [-0.1, -0.05) is 200 Å². The second-order valence-electron chi connectivity index (χ2n) is 15.1. The van der Waals surface area contributed by atoms with E-state index in [2.05, 4.69) is 144 Å². The molecular formula is C58H36N4. The van der Waals surface area contributed by atoms with E-state index < -0.39 is 0 Å². The molecule has 0 radical (unpaired) electrons. The Hall–Kier alpha value is -8.70. The minimum atomic E-state index is 0.595. The van der Waals surface area contributed by atoms with Crippen molar-refractivity contribution in [3.8, 4) is 95.5 Å². The Balaban J connectivity index is 1.18. The number of benzene rings is 9. The highest BCUT2D eigenvalue weighted by molar-refractivity contribution is 6.05. The molecule has 288 valence electrons. The van der Waals surface area contributed by atoms with Gasteiger partial charge in [-0.2, -0.15) is 5.26 Å². The zero-order valence-corrected chi connectivity index (χ0v) is 33.6. The van der Waals surface area contributed by atoms with Crippen LogP contribution in [-0.4, -0.2) is 9.97 Å². The van der Waals surface area contributed by atoms with Crippen molar-refractivity contribution in [2.24, 2.45) is 0 Å². The highest BCUT2D eigenvalue weighted by Crippen LogP contribution is 2.41. The van der Waals surface area contributed by atoms with Crippen molar-refractivity contribution in [1.29, 1.82) is 5.26 Å². The maximum Gasteiger partial charge on any atom is 0.194 e. The summed E-state index contributed by atoms with van der Waals surface area (Å²) in [4.78, 5) is 14.6. The molecule has 0 aliphatic carbocycles. The predicted octanol–water partition coefficient (Wildman–Crippen LogP) is 15.4. The third-order valence-electron chi connectivity index (χ3n) is 11.4. The Morgan fingerprint density at radius 1 is 0.371 bits per heavy atom. The maximum absolute atomic E-state index is 9.82. The van der Waals surface area contributed by atoms with Gasteiger partial charge in [0.2, 0.25) is 0 Å². The maximum atomic E-state index is 9.82. The van der Waals surface area contributed by atoms with Gasteiger partial charge in [0, 0.05) is 22.1 Å². The Kier molecular flexibility index (Phi) is 10.0. The molecule has 1 heterocycles. The molecule has 10 rings (SSSR count). The van der Waals surface area contributed by atoms with E-state index in [0.29, 0.717) is 17.1 Å². The highest BCUT2D eigenvalue weighted by atomic mass is 14.9. The molecule has 0 amide bonds. The molecule has 0 saturated heterocycles. The molecule has 4 heteroatoms. The number of nitrogens with zero attached hydrogens (tertiary/aromatic N) is 4. The Labute approximate surface area is 361 Å². The molecule has 9 aromatic carbocycles. The zero-order chi connectivity index (χ0) is 41.8. The van der Waals surface area contributed by atoms with Crippen molar-refractivity contribution in [3.63, 3.8) is 0 Å². The molecule has 0 atom stereocenters. The lowest BCUT2D eigenvalue weighted by Gasteiger charge is -2.16. The standard InChI is InChI=1S/C58H36N4/c1-60-55-19-11-10-18-52(55)45-28-32-47(33-29-45)56-54-37-50(43-22-20-41(21-23-43)39-12-4-2-5-13-39)36-53(46-26-24-42(25-27-46)40-14-6-3-7-15-40)57(54)62-58(61-56)48-34-30-44(31-35-48)51-17-9-8-16-49(51)38-59/h2-37H. The van der Waals surface area contributed by atoms with Crippen molar-refractivity contribution in [2.45, 2.75) is 0 Å². The smallest absolute Gasteiger partial charge is 0.194 e. The van der Waals surface area contributed by atoms with E-state index in [0.717, 1.165) is 88.9 Å². The van der Waals surface area contributed by atoms with E-state index >= 15 is 0 Å². The minimum Gasteiger partial charge on any atom is -0.238 e. The molecule has 0 bridgehead atoms. The van der Waals surface area contributed by atoms with Gasteiger partial charge in [0.1, 0.15) is 0 Å². The number of fused-ring (bicyclic) bond motifs is 1. The summed E-state index contributed by atoms with van der Waals surface area (Å²) in [5, 5.41) is 10.7. The Morgan fingerprint density at radius 2 is 0.806 bits per heavy atom. The van der Waals surface area contributed by atoms with E-state index in [9.17, 15) is 5.26 Å². The molecule has 1 aromatic heterocycles. The van der Waals surface area contributed by atoms with Crippen LogP contribution in [0.25, 0.3) is 105 Å². The topological polar surface area (TPSA) is 53.9 Å². The number of para-hydroxylation sites is 1. The average Bonchev–Trinajstić information content (AvgIpc) is 3.36. The lowest BCUT2D eigenvalue weighted by Crippen LogP contribution is -1.98. The van der Waals surface area contributed by atoms with Gasteiger partial charge in [-0.25, -0.2) is 14.8 Å². The zero-order valence-electron chi connectivity index (χ0n) is 33.6. The quantitative estimate of drug-likeness (QED) is 0.144. The van der Waals surface area contributed by atoms with Gasteiger partial charge in [-0.3, -0.25) is 0 Å². The molecule has 62 heavy (non-hydrogen) atoms. The summed E-state index contributed by atoms with van der Waals surface area (Å²) in [7, 11) is 0. The fraction of sp³-hybridized carbons (Fsp3) is 0. The predicted molar refractivity (Wildman–Crippen MR) is 254 cm³/mol. The monoisotopic (exact) mass is 788 g/mol. The third kappa shape index (κ3) is 7.30. The van der Waals surface area contributed by atoms with E-state index in [1.165, 1.54) is 5.56 Å². The number of aromatic nitrogens is 2. The van der Waals surface area contributed by atoms with E-state index in [-0.39, 0.29) is 0 Å². The fourth-order valence-electron chi connectivity index (χ4n) is 8.18. The van der Waals surface area contributed by atoms with Crippen LogP contribution >= 0.6 is 0 Å². The summed E-state index contributed by atoms with van der Waals surface area (Å²) in [6.07, 6.45) is 0. The van der Waals surface area contributed by atoms with E-state index in [1.54, 1.807) is 0 Å². The van der Waals surface area contributed by atoms with Crippen LogP contribution in [0.2, 0.25) is 0 Å². The van der Waals surface area contributed by atoms with Crippen LogP contribution in [0.3, 0.4) is 0 Å². The first kappa shape index (κ1) is 37.6. The number of nitriles is 1. The summed E-state index contributed by atoms with van der Waals surface area (Å²) in [5.41, 5.74) is 17.2. The van der Waals surface area contributed by atoms with Gasteiger partial charge in [0.05, 0.1) is 29.4 Å². The third-order valence-corrected chi connectivity index (χ3v) is 11.4. The molecule has 0 fully saturated rings. The summed E-state index contributed by atoms with van der Waals surface area (Å²) >= 11 is 0. The highest BCUT2D eigenvalue weighted by Gasteiger charge is 2.19. The van der Waals surface area contributed by atoms with Gasteiger partial charge in [-0.05, 0) is 79.4 Å². The van der Waals surface area contributed by atoms with Crippen molar-refractivity contribution >= 4 is 16.6 Å². The SMILES string of the molecule is [C-]#[N+]c1ccccc1-c1ccc(-c2nc(-c3ccc(-c4ccccc4C#N)cc3)nc3c(-c4ccc(-c5ccccc5)cc4)cc(-c4ccc(-c5ccccc5)cc4)cc23)cc1. The van der Waals surface area contributed by atoms with Gasteiger partial charge in [0.15, 0.2) is 11.5 Å². The number of hydrogen-bond donors (Lipinski definition) is 0. The van der Waals surface area contributed by atoms with Crippen LogP contribution in [0.4, 0.5) is 5.69 Å². The first-order chi connectivity index (χ1) is 30.6. The summed E-state index contributed by atoms with van der Waals surface area (Å²) in [6.45, 7) is 7.78. The van der Waals surface area contributed by atoms with Crippen molar-refractivity contribution in [2.75, 3.05) is 0 Å². The van der Waals surface area contributed by atoms with Crippen LogP contribution < -0.4 is 0 Å². The van der Waals surface area contributed by atoms with Crippen molar-refractivity contribution < 1.29 is 0 Å². The molecule has 10 aromatic rings. The molecule has 0 aliphatic rings. The average molecular weight is 789 g/mol. The largest absolute Gasteiger partial charge is 0.238 e. The van der Waals surface area contributed by atoms with Crippen LogP contribution in [0.15, 0.2) is 218 Å². The molecule has 4 nitrogen and oxygen atoms in total. The molecule has 0 saturated carbocycles. The molecule has 0 unspecified atom stereocenters. The Morgan fingerprint density at radius 3 is 1.39 bits per heavy atom. The minimum absolute atomic E-state index is 0.595. The summed E-state index contributed by atoms with van der Waals surface area (Å²) < 4.78 is 0. The lowest BCUT2D eigenvalue weighted by atomic mass is 9.91. The molecular weight excluding hydrogens is 753 g/mol. The lowest BCUT2D eigenvalue weighted by molar-refractivity contribution is 1.23. The fourth-order valence-corrected chi connectivity index (χ4v) is 8.18. The normalized spacial score (nSPS) is 10.9. The van der Waals surface area contributed by atoms with Crippen LogP contribution in [-0.2, 0) is 0 Å². The summed E-state index contributed by atoms with van der Waals surface area (Å²) in [6, 6.07) is 77.0. The van der Waals surface area contributed by atoms with Gasteiger partial charge < -0.3 is 0 Å². The van der Waals surface area contributed by atoms with Gasteiger partial charge in [0.25, 0.3) is 0 Å². The number of hydrogen-bond acceptors (Lipinski definition) is 3. The van der Waals surface area contributed by atoms with Crippen LogP contribution in [0, 0.1) is 17.9 Å². The van der Waals surface area contributed by atoms with Crippen molar-refractivity contribution in [1.82, 2.24) is 9.97 Å². The second-order valence-corrected chi connectivity index (χ2v) is 15.1. The summed E-state index contributed by atoms with van der Waals surface area (Å²) in [5.74, 6) is 0.595. The molecule has 0 aliphatic heterocycles. The van der Waals surface area contributed by atoms with Crippen molar-refractivity contribution in [3.05, 3.63) is 235 Å². The van der Waals surface area contributed by atoms with E-state index in [4.69, 9.17) is 16.5 Å². The van der Waals surface area contributed by atoms with E-state index in [1.807, 2.05) is 84.9 Å². The molecule has 0 N–H and O–H groups in total.